The van der Waals surface area contributed by atoms with Crippen LogP contribution in [0, 0.1) is 0 Å². The fourth-order valence-electron chi connectivity index (χ4n) is 3.26. The van der Waals surface area contributed by atoms with Crippen molar-refractivity contribution >= 4 is 28.3 Å². The molecule has 3 aromatic carbocycles. The number of phenolic OH excluding ortho intramolecular Hbond substituents is 2. The molecule has 0 radical (unpaired) electrons. The van der Waals surface area contributed by atoms with E-state index in [1.807, 2.05) is 36.4 Å². The van der Waals surface area contributed by atoms with Gasteiger partial charge in [-0.1, -0.05) is 43.3 Å². The van der Waals surface area contributed by atoms with Crippen LogP contribution in [0.5, 0.6) is 17.2 Å². The topological polar surface area (TPSA) is 87.0 Å². The van der Waals surface area contributed by atoms with Crippen molar-refractivity contribution in [2.45, 2.75) is 39.5 Å². The number of unbranched alkanes of at least 4 members (excludes halogenated alkanes) is 2. The van der Waals surface area contributed by atoms with Crippen LogP contribution in [0.15, 0.2) is 48.5 Å². The Morgan fingerprint density at radius 1 is 0.933 bits per heavy atom. The average molecular weight is 431 g/mol. The van der Waals surface area contributed by atoms with E-state index in [9.17, 15) is 15.0 Å². The zero-order valence-corrected chi connectivity index (χ0v) is 16.7. The molecule has 0 aliphatic carbocycles. The molecule has 3 rings (SSSR count). The van der Waals surface area contributed by atoms with Crippen LogP contribution in [-0.2, 0) is 17.6 Å². The van der Waals surface area contributed by atoms with Crippen LogP contribution in [0.2, 0.25) is 5.02 Å². The molecule has 3 N–H and O–H groups in total. The number of aliphatic carboxylic acids is 1. The van der Waals surface area contributed by atoms with Crippen molar-refractivity contribution in [1.82, 2.24) is 0 Å². The summed E-state index contributed by atoms with van der Waals surface area (Å²) in [5.74, 6) is -0.362. The summed E-state index contributed by atoms with van der Waals surface area (Å²) in [4.78, 5) is 10.8. The van der Waals surface area contributed by atoms with Crippen molar-refractivity contribution in [3.05, 3.63) is 64.7 Å². The lowest BCUT2D eigenvalue weighted by Crippen LogP contribution is -2.00. The second-order valence-electron chi connectivity index (χ2n) is 6.97. The molecule has 3 aromatic rings. The van der Waals surface area contributed by atoms with Gasteiger partial charge in [0.2, 0.25) is 0 Å². The highest BCUT2D eigenvalue weighted by Crippen LogP contribution is 2.35. The minimum absolute atomic E-state index is 0. The first-order valence-electron chi connectivity index (χ1n) is 9.50. The van der Waals surface area contributed by atoms with E-state index < -0.39 is 5.97 Å². The lowest BCUT2D eigenvalue weighted by Gasteiger charge is -2.10. The fourth-order valence-corrected chi connectivity index (χ4v) is 3.50. The van der Waals surface area contributed by atoms with Gasteiger partial charge < -0.3 is 20.1 Å². The van der Waals surface area contributed by atoms with Gasteiger partial charge >= 0.3 is 5.97 Å². The summed E-state index contributed by atoms with van der Waals surface area (Å²) in [7, 11) is 0. The molecule has 30 heavy (non-hydrogen) atoms. The van der Waals surface area contributed by atoms with Crippen molar-refractivity contribution < 1.29 is 24.9 Å². The molecule has 5 nitrogen and oxygen atoms in total. The van der Waals surface area contributed by atoms with Crippen LogP contribution >= 0.6 is 11.6 Å². The van der Waals surface area contributed by atoms with Crippen molar-refractivity contribution in [3.63, 3.8) is 0 Å². The van der Waals surface area contributed by atoms with Gasteiger partial charge in [0.25, 0.3) is 0 Å². The van der Waals surface area contributed by atoms with Gasteiger partial charge in [-0.3, -0.25) is 4.79 Å². The van der Waals surface area contributed by atoms with Gasteiger partial charge in [-0.05, 0) is 66.3 Å². The molecule has 0 aromatic heterocycles. The van der Waals surface area contributed by atoms with E-state index in [1.165, 1.54) is 6.07 Å². The quantitative estimate of drug-likeness (QED) is 0.288. The Labute approximate surface area is 181 Å². The van der Waals surface area contributed by atoms with E-state index >= 15 is 0 Å². The zero-order valence-electron chi connectivity index (χ0n) is 15.9. The number of benzene rings is 3. The Morgan fingerprint density at radius 3 is 2.43 bits per heavy atom. The first kappa shape index (κ1) is 23.4. The normalized spacial score (nSPS) is 10.6. The third-order valence-electron chi connectivity index (χ3n) is 4.78. The van der Waals surface area contributed by atoms with Gasteiger partial charge in [-0.25, -0.2) is 0 Å². The number of aromatic hydroxyl groups is 2. The van der Waals surface area contributed by atoms with Gasteiger partial charge in [-0.15, -0.1) is 0 Å². The lowest BCUT2D eigenvalue weighted by atomic mass is 10.0. The first-order chi connectivity index (χ1) is 13.9. The van der Waals surface area contributed by atoms with Crippen LogP contribution in [0.25, 0.3) is 10.8 Å². The van der Waals surface area contributed by atoms with Crippen LogP contribution < -0.4 is 4.74 Å². The largest absolute Gasteiger partial charge is 0.504 e. The molecule has 160 valence electrons. The SMILES string of the molecule is C.O=C(O)Cc1ccc2cc(OCCCCCc3c(Cl)ccc(O)c3O)ccc2c1. The third kappa shape index (κ3) is 6.04. The van der Waals surface area contributed by atoms with Crippen LogP contribution in [-0.4, -0.2) is 27.9 Å². The molecule has 0 heterocycles. The highest BCUT2D eigenvalue weighted by atomic mass is 35.5. The summed E-state index contributed by atoms with van der Waals surface area (Å²) in [5, 5.41) is 30.8. The Balaban J connectivity index is 0.00000320. The van der Waals surface area contributed by atoms with E-state index in [-0.39, 0.29) is 25.3 Å². The van der Waals surface area contributed by atoms with E-state index in [4.69, 9.17) is 21.4 Å². The van der Waals surface area contributed by atoms with Crippen molar-refractivity contribution in [1.29, 1.82) is 0 Å². The van der Waals surface area contributed by atoms with Gasteiger partial charge in [-0.2, -0.15) is 0 Å². The van der Waals surface area contributed by atoms with E-state index in [0.717, 1.165) is 41.3 Å². The van der Waals surface area contributed by atoms with Crippen LogP contribution in [0.3, 0.4) is 0 Å². The molecule has 0 aliphatic rings. The number of hydrogen-bond donors (Lipinski definition) is 3. The maximum atomic E-state index is 10.8. The number of carboxylic acid groups (broad SMARTS) is 1. The molecule has 0 saturated carbocycles. The van der Waals surface area contributed by atoms with Crippen molar-refractivity contribution in [2.24, 2.45) is 0 Å². The highest BCUT2D eigenvalue weighted by molar-refractivity contribution is 6.31. The Morgan fingerprint density at radius 2 is 1.67 bits per heavy atom. The molecular weight excluding hydrogens is 404 g/mol. The van der Waals surface area contributed by atoms with Gasteiger partial charge in [0.05, 0.1) is 13.0 Å². The molecule has 0 atom stereocenters. The summed E-state index contributed by atoms with van der Waals surface area (Å²) >= 11 is 6.08. The summed E-state index contributed by atoms with van der Waals surface area (Å²) in [6.07, 6.45) is 3.18. The number of phenols is 2. The summed E-state index contributed by atoms with van der Waals surface area (Å²) < 4.78 is 5.82. The third-order valence-corrected chi connectivity index (χ3v) is 5.13. The highest BCUT2D eigenvalue weighted by Gasteiger charge is 2.10. The lowest BCUT2D eigenvalue weighted by molar-refractivity contribution is -0.136. The zero-order chi connectivity index (χ0) is 20.8. The minimum Gasteiger partial charge on any atom is -0.504 e. The number of carboxylic acids is 1. The first-order valence-corrected chi connectivity index (χ1v) is 9.88. The number of rotatable bonds is 9. The molecule has 0 aliphatic heterocycles. The number of hydrogen-bond acceptors (Lipinski definition) is 4. The number of carbonyl (C=O) groups is 1. The molecule has 0 unspecified atom stereocenters. The van der Waals surface area contributed by atoms with Crippen LogP contribution in [0.4, 0.5) is 0 Å². The van der Waals surface area contributed by atoms with E-state index in [1.54, 1.807) is 6.07 Å². The molecule has 0 saturated heterocycles. The number of halogens is 1. The van der Waals surface area contributed by atoms with Gasteiger partial charge in [0.1, 0.15) is 5.75 Å². The maximum Gasteiger partial charge on any atom is 0.307 e. The van der Waals surface area contributed by atoms with Gasteiger partial charge in [0.15, 0.2) is 11.5 Å². The number of fused-ring (bicyclic) bond motifs is 1. The molecule has 0 spiro atoms. The van der Waals surface area contributed by atoms with Gasteiger partial charge in [0, 0.05) is 10.6 Å². The Kier molecular flexibility index (Phi) is 8.36. The minimum atomic E-state index is -0.842. The molecule has 0 fully saturated rings. The fraction of sp³-hybridized carbons (Fsp3) is 0.292. The summed E-state index contributed by atoms with van der Waals surface area (Å²) in [6, 6.07) is 14.3. The summed E-state index contributed by atoms with van der Waals surface area (Å²) in [6.45, 7) is 0.572. The standard InChI is InChI=1S/C23H23ClO5.CH4/c24-20-9-10-21(25)23(28)19(20)4-2-1-3-11-29-18-8-7-16-12-15(13-22(26)27)5-6-17(16)14-18;/h5-10,12,14,25,28H,1-4,11,13H2,(H,26,27);1H4. The van der Waals surface area contributed by atoms with Crippen LogP contribution in [0.1, 0.15) is 37.8 Å². The molecule has 6 heteroatoms. The Hall–Kier alpha value is -2.92. The predicted octanol–water partition coefficient (Wildman–Crippen LogP) is 5.96. The molecule has 0 amide bonds. The smallest absolute Gasteiger partial charge is 0.307 e. The van der Waals surface area contributed by atoms with E-state index in [0.29, 0.717) is 23.6 Å². The monoisotopic (exact) mass is 430 g/mol. The molecular formula is C24H27ClO5. The second-order valence-corrected chi connectivity index (χ2v) is 7.37. The average Bonchev–Trinajstić information content (AvgIpc) is 2.69. The number of ether oxygens (including phenoxy) is 1. The van der Waals surface area contributed by atoms with Crippen molar-refractivity contribution in [2.75, 3.05) is 6.61 Å². The Bertz CT molecular complexity index is 1020. The predicted molar refractivity (Wildman–Crippen MR) is 120 cm³/mol. The van der Waals surface area contributed by atoms with E-state index in [2.05, 4.69) is 0 Å². The summed E-state index contributed by atoms with van der Waals surface area (Å²) in [5.41, 5.74) is 1.35. The second kappa shape index (κ2) is 10.7. The molecule has 0 bridgehead atoms. The van der Waals surface area contributed by atoms with Crippen molar-refractivity contribution in [3.8, 4) is 17.2 Å². The maximum absolute atomic E-state index is 10.8.